The highest BCUT2D eigenvalue weighted by molar-refractivity contribution is 6.39. The zero-order valence-corrected chi connectivity index (χ0v) is 29.1. The fourth-order valence-electron chi connectivity index (χ4n) is 6.66. The highest BCUT2D eigenvalue weighted by Crippen LogP contribution is 2.49. The van der Waals surface area contributed by atoms with E-state index in [1.807, 2.05) is 45.6 Å². The van der Waals surface area contributed by atoms with Gasteiger partial charge in [-0.25, -0.2) is 9.37 Å². The maximum absolute atomic E-state index is 14.8. The number of fused-ring (bicyclic) bond motifs is 1. The molecule has 2 aromatic heterocycles. The molecule has 0 radical (unpaired) electrons. The monoisotopic (exact) mass is 697 g/mol. The number of nitrogen functional groups attached to an aromatic ring is 1. The molecule has 3 atom stereocenters. The van der Waals surface area contributed by atoms with Gasteiger partial charge in [-0.2, -0.15) is 5.26 Å². The Labute approximate surface area is 288 Å². The number of carbonyl (C=O) groups is 1. The average molecular weight is 699 g/mol. The Morgan fingerprint density at radius 3 is 2.43 bits per heavy atom. The molecule has 1 aromatic carbocycles. The molecule has 2 aliphatic rings. The number of nitrogens with two attached hydrogens (primary N) is 1. The quantitative estimate of drug-likeness (QED) is 0.161. The number of aryl methyl sites for hydroxylation is 1. The van der Waals surface area contributed by atoms with E-state index in [0.717, 1.165) is 5.56 Å². The Morgan fingerprint density at radius 1 is 1.21 bits per heavy atom. The number of rotatable bonds is 5. The zero-order valence-electron chi connectivity index (χ0n) is 26.9. The van der Waals surface area contributed by atoms with Crippen molar-refractivity contribution in [3.63, 3.8) is 0 Å². The molecule has 0 spiro atoms. The van der Waals surface area contributed by atoms with E-state index >= 15 is 0 Å². The molecule has 0 saturated carbocycles. The number of aliphatic hydroxyl groups excluding tert-OH is 1. The lowest BCUT2D eigenvalue weighted by molar-refractivity contribution is -0.132. The van der Waals surface area contributed by atoms with Crippen LogP contribution >= 0.6 is 34.8 Å². The van der Waals surface area contributed by atoms with Gasteiger partial charge in [-0.3, -0.25) is 14.7 Å². The van der Waals surface area contributed by atoms with Crippen molar-refractivity contribution >= 4 is 63.6 Å². The molecule has 246 valence electrons. The first-order chi connectivity index (χ1) is 22.2. The SMILES string of the molecule is C=CC(=O)N1[C@H](C)CN(C2=C(C#N)C(O)N(c3c(C)ccnc3C(C)C)c3nc(-c4c(C)c(Cl)c(F)c(Cl)c4N)c(Cl)cc32)C[C@@H]1C. The van der Waals surface area contributed by atoms with Gasteiger partial charge in [0, 0.05) is 42.5 Å². The van der Waals surface area contributed by atoms with Crippen molar-refractivity contribution in [3.05, 3.63) is 79.8 Å². The minimum absolute atomic E-state index is 0.0620. The van der Waals surface area contributed by atoms with Crippen LogP contribution in [0.25, 0.3) is 17.0 Å². The third kappa shape index (κ3) is 5.59. The van der Waals surface area contributed by atoms with Gasteiger partial charge in [-0.05, 0) is 62.9 Å². The van der Waals surface area contributed by atoms with E-state index in [-0.39, 0.29) is 72.9 Å². The molecule has 9 nitrogen and oxygen atoms in total. The average Bonchev–Trinajstić information content (AvgIpc) is 3.02. The molecule has 0 aliphatic carbocycles. The molecule has 1 fully saturated rings. The fourth-order valence-corrected chi connectivity index (χ4v) is 7.33. The van der Waals surface area contributed by atoms with Gasteiger partial charge in [-0.15, -0.1) is 0 Å². The Hall–Kier alpha value is -3.88. The highest BCUT2D eigenvalue weighted by atomic mass is 35.5. The number of aromatic nitrogens is 2. The van der Waals surface area contributed by atoms with Crippen LogP contribution < -0.4 is 10.6 Å². The molecule has 0 bridgehead atoms. The van der Waals surface area contributed by atoms with E-state index in [1.165, 1.54) is 6.08 Å². The molecule has 13 heteroatoms. The van der Waals surface area contributed by atoms with Gasteiger partial charge < -0.3 is 20.6 Å². The van der Waals surface area contributed by atoms with Crippen LogP contribution in [0.3, 0.4) is 0 Å². The first kappa shape index (κ1) is 34.5. The fraction of sp³-hybridized carbons (Fsp3) is 0.353. The predicted molar refractivity (Wildman–Crippen MR) is 185 cm³/mol. The lowest BCUT2D eigenvalue weighted by Gasteiger charge is -2.48. The number of nitriles is 1. The van der Waals surface area contributed by atoms with E-state index in [0.29, 0.717) is 35.7 Å². The van der Waals surface area contributed by atoms with Gasteiger partial charge >= 0.3 is 0 Å². The second-order valence-corrected chi connectivity index (χ2v) is 13.4. The van der Waals surface area contributed by atoms with Crippen LogP contribution in [0.4, 0.5) is 21.6 Å². The first-order valence-electron chi connectivity index (χ1n) is 15.1. The number of piperazine rings is 1. The normalized spacial score (nSPS) is 19.6. The topological polar surface area (TPSA) is 123 Å². The molecule has 5 rings (SSSR count). The number of carbonyl (C=O) groups excluding carboxylic acids is 1. The summed E-state index contributed by atoms with van der Waals surface area (Å²) in [5.74, 6) is -0.842. The standard InChI is InChI=1S/C34H35Cl3FN7O2/c1-8-23(46)44-17(5)13-43(14-18(44)6)32-20-11-22(35)30(24-19(7)25(36)27(38)26(37)28(24)40)42-33(20)45(34(47)21(32)12-39)31-16(4)9-10-41-29(31)15(2)3/h8-11,15,17-18,34,47H,1,13-14,40H2,2-7H3/t17-,18+,34?. The van der Waals surface area contributed by atoms with Crippen LogP contribution in [0.1, 0.15) is 56.0 Å². The molecule has 47 heavy (non-hydrogen) atoms. The van der Waals surface area contributed by atoms with Crippen LogP contribution in [-0.2, 0) is 4.79 Å². The summed E-state index contributed by atoms with van der Waals surface area (Å²) in [6.07, 6.45) is 1.50. The summed E-state index contributed by atoms with van der Waals surface area (Å²) in [6, 6.07) is 5.22. The first-order valence-corrected chi connectivity index (χ1v) is 16.2. The van der Waals surface area contributed by atoms with Crippen LogP contribution in [0.5, 0.6) is 0 Å². The lowest BCUT2D eigenvalue weighted by Crippen LogP contribution is -2.58. The molecular formula is C34H35Cl3FN7O2. The molecule has 1 saturated heterocycles. The third-order valence-corrected chi connectivity index (χ3v) is 9.86. The molecule has 3 aromatic rings. The molecular weight excluding hydrogens is 664 g/mol. The number of nitrogens with zero attached hydrogens (tertiary/aromatic N) is 6. The Morgan fingerprint density at radius 2 is 1.85 bits per heavy atom. The number of aliphatic hydroxyl groups is 1. The van der Waals surface area contributed by atoms with Crippen molar-refractivity contribution < 1.29 is 14.3 Å². The minimum Gasteiger partial charge on any atom is -0.397 e. The third-order valence-electron chi connectivity index (χ3n) is 8.76. The van der Waals surface area contributed by atoms with Crippen molar-refractivity contribution in [2.75, 3.05) is 23.7 Å². The molecule has 1 unspecified atom stereocenters. The Balaban J connectivity index is 1.84. The predicted octanol–water partition coefficient (Wildman–Crippen LogP) is 7.38. The van der Waals surface area contributed by atoms with Gasteiger partial charge in [0.25, 0.3) is 0 Å². The van der Waals surface area contributed by atoms with Gasteiger partial charge in [-0.1, -0.05) is 55.2 Å². The molecule has 3 N–H and O–H groups in total. The van der Waals surface area contributed by atoms with E-state index in [1.54, 1.807) is 29.0 Å². The largest absolute Gasteiger partial charge is 0.397 e. The maximum atomic E-state index is 14.8. The van der Waals surface area contributed by atoms with Gasteiger partial charge in [0.2, 0.25) is 5.91 Å². The van der Waals surface area contributed by atoms with Crippen molar-refractivity contribution in [2.45, 2.75) is 65.8 Å². The van der Waals surface area contributed by atoms with E-state index < -0.39 is 12.0 Å². The summed E-state index contributed by atoms with van der Waals surface area (Å²) in [5, 5.41) is 22.3. The summed E-state index contributed by atoms with van der Waals surface area (Å²) in [7, 11) is 0. The number of benzene rings is 1. The van der Waals surface area contributed by atoms with Crippen LogP contribution in [0.2, 0.25) is 15.1 Å². The van der Waals surface area contributed by atoms with Gasteiger partial charge in [0.15, 0.2) is 12.0 Å². The summed E-state index contributed by atoms with van der Waals surface area (Å²) in [5.41, 5.74) is 9.97. The van der Waals surface area contributed by atoms with Crippen molar-refractivity contribution in [2.24, 2.45) is 0 Å². The summed E-state index contributed by atoms with van der Waals surface area (Å²) >= 11 is 19.6. The van der Waals surface area contributed by atoms with E-state index in [9.17, 15) is 19.6 Å². The summed E-state index contributed by atoms with van der Waals surface area (Å²) in [6.45, 7) is 15.6. The summed E-state index contributed by atoms with van der Waals surface area (Å²) < 4.78 is 14.8. The Bertz CT molecular complexity index is 1850. The zero-order chi connectivity index (χ0) is 34.6. The van der Waals surface area contributed by atoms with Crippen LogP contribution in [0.15, 0.2) is 36.6 Å². The molecule has 1 amide bonds. The van der Waals surface area contributed by atoms with Crippen LogP contribution in [-0.4, -0.2) is 62.2 Å². The second-order valence-electron chi connectivity index (χ2n) is 12.2. The maximum Gasteiger partial charge on any atom is 0.246 e. The molecule has 2 aliphatic heterocycles. The van der Waals surface area contributed by atoms with Gasteiger partial charge in [0.05, 0.1) is 38.5 Å². The number of hydrogen-bond acceptors (Lipinski definition) is 8. The minimum atomic E-state index is -1.48. The number of pyridine rings is 2. The Kier molecular flexibility index (Phi) is 9.50. The highest BCUT2D eigenvalue weighted by Gasteiger charge is 2.42. The summed E-state index contributed by atoms with van der Waals surface area (Å²) in [4.78, 5) is 27.6. The van der Waals surface area contributed by atoms with E-state index in [2.05, 4.69) is 17.6 Å². The number of amides is 1. The second kappa shape index (κ2) is 13.0. The van der Waals surface area contributed by atoms with Crippen LogP contribution in [0, 0.1) is 31.0 Å². The van der Waals surface area contributed by atoms with Gasteiger partial charge in [0.1, 0.15) is 22.5 Å². The van der Waals surface area contributed by atoms with Crippen molar-refractivity contribution in [3.8, 4) is 17.3 Å². The number of halogens is 4. The smallest absolute Gasteiger partial charge is 0.246 e. The van der Waals surface area contributed by atoms with Crippen molar-refractivity contribution in [1.82, 2.24) is 19.8 Å². The number of anilines is 3. The molecule has 4 heterocycles. The number of hydrogen-bond donors (Lipinski definition) is 2. The lowest BCUT2D eigenvalue weighted by atomic mass is 9.93. The van der Waals surface area contributed by atoms with E-state index in [4.69, 9.17) is 45.5 Å². The van der Waals surface area contributed by atoms with Crippen molar-refractivity contribution in [1.29, 1.82) is 5.26 Å².